The molecular weight excluding hydrogens is 218 g/mol. The molecule has 6 heteroatoms. The lowest BCUT2D eigenvalue weighted by molar-refractivity contribution is 0.102. The first-order valence-corrected chi connectivity index (χ1v) is 4.34. The molecule has 0 saturated carbocycles. The number of anilines is 1. The van der Waals surface area contributed by atoms with Gasteiger partial charge in [0.2, 0.25) is 0 Å². The van der Waals surface area contributed by atoms with Gasteiger partial charge in [0, 0.05) is 6.07 Å². The van der Waals surface area contributed by atoms with Gasteiger partial charge < -0.3 is 9.84 Å². The highest BCUT2D eigenvalue weighted by atomic mass is 19.2. The second kappa shape index (κ2) is 4.09. The van der Waals surface area contributed by atoms with Crippen LogP contribution in [0.5, 0.6) is 0 Å². The first-order chi connectivity index (χ1) is 7.68. The minimum absolute atomic E-state index is 0.133. The largest absolute Gasteiger partial charge is 0.363 e. The van der Waals surface area contributed by atoms with Gasteiger partial charge in [0.25, 0.3) is 5.91 Å². The zero-order valence-corrected chi connectivity index (χ0v) is 7.91. The zero-order chi connectivity index (χ0) is 11.5. The van der Waals surface area contributed by atoms with Crippen LogP contribution in [0.2, 0.25) is 0 Å². The number of hydrogen-bond acceptors (Lipinski definition) is 3. The molecule has 0 aliphatic carbocycles. The number of nitrogens with zero attached hydrogens (tertiary/aromatic N) is 1. The van der Waals surface area contributed by atoms with E-state index in [-0.39, 0.29) is 11.4 Å². The van der Waals surface area contributed by atoms with E-state index < -0.39 is 17.5 Å². The predicted octanol–water partition coefficient (Wildman–Crippen LogP) is 2.21. The summed E-state index contributed by atoms with van der Waals surface area (Å²) in [6.07, 6.45) is 1.25. The summed E-state index contributed by atoms with van der Waals surface area (Å²) in [6, 6.07) is 4.74. The fourth-order valence-corrected chi connectivity index (χ4v) is 1.14. The van der Waals surface area contributed by atoms with Gasteiger partial charge in [-0.1, -0.05) is 11.2 Å². The lowest BCUT2D eigenvalue weighted by Crippen LogP contribution is -2.14. The van der Waals surface area contributed by atoms with E-state index in [0.29, 0.717) is 0 Å². The van der Waals surface area contributed by atoms with Crippen molar-refractivity contribution in [2.75, 3.05) is 5.32 Å². The Bertz CT molecular complexity index is 512. The summed E-state index contributed by atoms with van der Waals surface area (Å²) < 4.78 is 30.5. The van der Waals surface area contributed by atoms with E-state index in [1.165, 1.54) is 24.5 Å². The highest BCUT2D eigenvalue weighted by molar-refractivity contribution is 6.03. The number of amides is 1. The molecule has 1 N–H and O–H groups in total. The Morgan fingerprint density at radius 3 is 2.81 bits per heavy atom. The van der Waals surface area contributed by atoms with Crippen molar-refractivity contribution in [2.45, 2.75) is 0 Å². The number of carbonyl (C=O) groups excluding carboxylic acids is 1. The molecule has 82 valence electrons. The Morgan fingerprint density at radius 1 is 1.31 bits per heavy atom. The van der Waals surface area contributed by atoms with Crippen LogP contribution in [0.25, 0.3) is 0 Å². The van der Waals surface area contributed by atoms with Gasteiger partial charge in [0.05, 0.1) is 5.56 Å². The van der Waals surface area contributed by atoms with Crippen molar-refractivity contribution in [3.63, 3.8) is 0 Å². The van der Waals surface area contributed by atoms with Gasteiger partial charge in [-0.15, -0.1) is 0 Å². The number of aromatic nitrogens is 1. The van der Waals surface area contributed by atoms with Crippen molar-refractivity contribution in [2.24, 2.45) is 0 Å². The molecule has 0 saturated heterocycles. The maximum atomic E-state index is 13.2. The van der Waals surface area contributed by atoms with Crippen LogP contribution in [-0.2, 0) is 0 Å². The van der Waals surface area contributed by atoms with E-state index >= 15 is 0 Å². The predicted molar refractivity (Wildman–Crippen MR) is 50.8 cm³/mol. The zero-order valence-electron chi connectivity index (χ0n) is 7.91. The van der Waals surface area contributed by atoms with Crippen LogP contribution in [0.15, 0.2) is 35.1 Å². The maximum absolute atomic E-state index is 13.2. The van der Waals surface area contributed by atoms with Crippen molar-refractivity contribution in [3.8, 4) is 0 Å². The first kappa shape index (κ1) is 10.3. The SMILES string of the molecule is O=C(Nc1ccon1)c1cccc(F)c1F. The second-order valence-corrected chi connectivity index (χ2v) is 2.94. The van der Waals surface area contributed by atoms with Crippen LogP contribution in [0.4, 0.5) is 14.6 Å². The van der Waals surface area contributed by atoms with Gasteiger partial charge in [-0.3, -0.25) is 4.79 Å². The molecule has 0 bridgehead atoms. The van der Waals surface area contributed by atoms with Crippen LogP contribution < -0.4 is 5.32 Å². The van der Waals surface area contributed by atoms with Crippen LogP contribution in [-0.4, -0.2) is 11.1 Å². The monoisotopic (exact) mass is 224 g/mol. The van der Waals surface area contributed by atoms with Gasteiger partial charge in [-0.05, 0) is 12.1 Å². The summed E-state index contributed by atoms with van der Waals surface area (Å²) >= 11 is 0. The minimum Gasteiger partial charge on any atom is -0.363 e. The lowest BCUT2D eigenvalue weighted by Gasteiger charge is -2.02. The van der Waals surface area contributed by atoms with Crippen LogP contribution in [0, 0.1) is 11.6 Å². The van der Waals surface area contributed by atoms with Crippen molar-refractivity contribution in [1.82, 2.24) is 5.16 Å². The highest BCUT2D eigenvalue weighted by Crippen LogP contribution is 2.13. The Labute approximate surface area is 88.9 Å². The normalized spacial score (nSPS) is 10.1. The summed E-state index contributed by atoms with van der Waals surface area (Å²) in [6.45, 7) is 0. The topological polar surface area (TPSA) is 55.1 Å². The lowest BCUT2D eigenvalue weighted by atomic mass is 10.2. The van der Waals surface area contributed by atoms with E-state index in [4.69, 9.17) is 0 Å². The molecular formula is C10H6F2N2O2. The molecule has 2 rings (SSSR count). The van der Waals surface area contributed by atoms with Crippen LogP contribution in [0.3, 0.4) is 0 Å². The summed E-state index contributed by atoms with van der Waals surface area (Å²) in [7, 11) is 0. The van der Waals surface area contributed by atoms with Gasteiger partial charge in [0.1, 0.15) is 6.26 Å². The summed E-state index contributed by atoms with van der Waals surface area (Å²) in [4.78, 5) is 11.5. The fourth-order valence-electron chi connectivity index (χ4n) is 1.14. The number of hydrogen-bond donors (Lipinski definition) is 1. The number of nitrogens with one attached hydrogen (secondary N) is 1. The van der Waals surface area contributed by atoms with Gasteiger partial charge in [-0.2, -0.15) is 0 Å². The smallest absolute Gasteiger partial charge is 0.259 e. The molecule has 0 spiro atoms. The third-order valence-corrected chi connectivity index (χ3v) is 1.88. The molecule has 1 aromatic carbocycles. The average Bonchev–Trinajstić information content (AvgIpc) is 2.74. The van der Waals surface area contributed by atoms with Gasteiger partial charge >= 0.3 is 0 Å². The fraction of sp³-hybridized carbons (Fsp3) is 0. The second-order valence-electron chi connectivity index (χ2n) is 2.94. The highest BCUT2D eigenvalue weighted by Gasteiger charge is 2.15. The number of carbonyl (C=O) groups is 1. The maximum Gasteiger partial charge on any atom is 0.259 e. The molecule has 4 nitrogen and oxygen atoms in total. The van der Waals surface area contributed by atoms with Crippen LogP contribution >= 0.6 is 0 Å². The Hall–Kier alpha value is -2.24. The molecule has 2 aromatic rings. The molecule has 0 aliphatic rings. The molecule has 0 radical (unpaired) electrons. The molecule has 0 unspecified atom stereocenters. The van der Waals surface area contributed by atoms with Crippen molar-refractivity contribution in [3.05, 3.63) is 47.7 Å². The summed E-state index contributed by atoms with van der Waals surface area (Å²) in [5, 5.41) is 5.67. The standard InChI is InChI=1S/C10H6F2N2O2/c11-7-3-1-2-6(9(7)12)10(15)13-8-4-5-16-14-8/h1-5H,(H,13,14,15). The third-order valence-electron chi connectivity index (χ3n) is 1.88. The molecule has 16 heavy (non-hydrogen) atoms. The Kier molecular flexibility index (Phi) is 2.63. The molecule has 0 atom stereocenters. The first-order valence-electron chi connectivity index (χ1n) is 4.34. The summed E-state index contributed by atoms with van der Waals surface area (Å²) in [5.74, 6) is -2.92. The molecule has 1 amide bonds. The molecule has 1 aromatic heterocycles. The Balaban J connectivity index is 2.24. The molecule has 0 aliphatic heterocycles. The molecule has 0 fully saturated rings. The van der Waals surface area contributed by atoms with Crippen LogP contribution in [0.1, 0.15) is 10.4 Å². The van der Waals surface area contributed by atoms with E-state index in [2.05, 4.69) is 15.0 Å². The quantitative estimate of drug-likeness (QED) is 0.850. The average molecular weight is 224 g/mol. The van der Waals surface area contributed by atoms with E-state index in [9.17, 15) is 13.6 Å². The minimum atomic E-state index is -1.19. The number of benzene rings is 1. The third kappa shape index (κ3) is 1.90. The van der Waals surface area contributed by atoms with E-state index in [0.717, 1.165) is 6.07 Å². The van der Waals surface area contributed by atoms with Crippen molar-refractivity contribution in [1.29, 1.82) is 0 Å². The number of halogens is 2. The van der Waals surface area contributed by atoms with Gasteiger partial charge in [-0.25, -0.2) is 8.78 Å². The van der Waals surface area contributed by atoms with Crippen molar-refractivity contribution >= 4 is 11.7 Å². The van der Waals surface area contributed by atoms with E-state index in [1.54, 1.807) is 0 Å². The van der Waals surface area contributed by atoms with Crippen molar-refractivity contribution < 1.29 is 18.1 Å². The van der Waals surface area contributed by atoms with E-state index in [1.807, 2.05) is 0 Å². The number of rotatable bonds is 2. The Morgan fingerprint density at radius 2 is 2.12 bits per heavy atom. The molecule has 1 heterocycles. The summed E-state index contributed by atoms with van der Waals surface area (Å²) in [5.41, 5.74) is -0.386. The van der Waals surface area contributed by atoms with Gasteiger partial charge in [0.15, 0.2) is 17.5 Å².